The number of fused-ring (bicyclic) bond motifs is 1. The van der Waals surface area contributed by atoms with Crippen LogP contribution in [0.5, 0.6) is 0 Å². The van der Waals surface area contributed by atoms with Gasteiger partial charge in [-0.25, -0.2) is 9.97 Å². The lowest BCUT2D eigenvalue weighted by Crippen LogP contribution is -2.26. The fourth-order valence-corrected chi connectivity index (χ4v) is 3.45. The molecular weight excluding hydrogens is 324 g/mol. The molecule has 0 atom stereocenters. The summed E-state index contributed by atoms with van der Waals surface area (Å²) in [5, 5.41) is 8.94. The van der Waals surface area contributed by atoms with E-state index in [9.17, 15) is 0 Å². The van der Waals surface area contributed by atoms with E-state index in [1.165, 1.54) is 16.0 Å². The first-order valence-corrected chi connectivity index (χ1v) is 7.94. The zero-order valence-corrected chi connectivity index (χ0v) is 13.1. The molecule has 1 aliphatic heterocycles. The number of halogens is 1. The van der Waals surface area contributed by atoms with Gasteiger partial charge in [-0.15, -0.1) is 11.3 Å². The van der Waals surface area contributed by atoms with Crippen molar-refractivity contribution in [3.05, 3.63) is 37.9 Å². The summed E-state index contributed by atoms with van der Waals surface area (Å²) < 4.78 is 0.665. The molecule has 19 heavy (non-hydrogen) atoms. The molecule has 1 aliphatic rings. The van der Waals surface area contributed by atoms with Crippen LogP contribution in [0.4, 0.5) is 5.82 Å². The molecule has 100 valence electrons. The Morgan fingerprint density at radius 1 is 1.47 bits per heavy atom. The molecule has 3 heterocycles. The minimum atomic E-state index is 0.665. The van der Waals surface area contributed by atoms with E-state index in [4.69, 9.17) is 0 Å². The molecule has 2 aromatic rings. The summed E-state index contributed by atoms with van der Waals surface area (Å²) in [6, 6.07) is 2.15. The Kier molecular flexibility index (Phi) is 3.81. The Hall–Kier alpha value is -0.980. The summed E-state index contributed by atoms with van der Waals surface area (Å²) >= 11 is 5.17. The molecule has 0 spiro atoms. The second kappa shape index (κ2) is 5.56. The number of thiophene rings is 1. The van der Waals surface area contributed by atoms with Crippen LogP contribution in [0.2, 0.25) is 0 Å². The quantitative estimate of drug-likeness (QED) is 0.845. The summed E-state index contributed by atoms with van der Waals surface area (Å²) in [5.41, 5.74) is 3.67. The lowest BCUT2D eigenvalue weighted by molar-refractivity contribution is 0.625. The smallest absolute Gasteiger partial charge is 0.198 e. The van der Waals surface area contributed by atoms with Gasteiger partial charge < -0.3 is 10.6 Å². The third-order valence-corrected chi connectivity index (χ3v) is 4.67. The maximum atomic E-state index is 4.47. The van der Waals surface area contributed by atoms with E-state index >= 15 is 0 Å². The second-order valence-electron chi connectivity index (χ2n) is 4.57. The molecule has 0 radical (unpaired) electrons. The molecule has 2 N–H and O–H groups in total. The highest BCUT2D eigenvalue weighted by Crippen LogP contribution is 2.24. The molecule has 0 saturated heterocycles. The van der Waals surface area contributed by atoms with Gasteiger partial charge in [-0.3, -0.25) is 0 Å². The van der Waals surface area contributed by atoms with Crippen molar-refractivity contribution in [1.82, 2.24) is 15.3 Å². The first-order chi connectivity index (χ1) is 9.24. The van der Waals surface area contributed by atoms with Gasteiger partial charge in [0.1, 0.15) is 5.82 Å². The van der Waals surface area contributed by atoms with Crippen LogP contribution in [0.15, 0.2) is 16.2 Å². The van der Waals surface area contributed by atoms with E-state index in [1.807, 2.05) is 0 Å². The lowest BCUT2D eigenvalue weighted by atomic mass is 10.1. The molecule has 0 aromatic carbocycles. The predicted octanol–water partition coefficient (Wildman–Crippen LogP) is 2.87. The maximum absolute atomic E-state index is 4.47. The van der Waals surface area contributed by atoms with Gasteiger partial charge in [-0.1, -0.05) is 0 Å². The number of rotatable bonds is 3. The van der Waals surface area contributed by atoms with Crippen molar-refractivity contribution >= 4 is 33.1 Å². The number of nitrogens with zero attached hydrogens (tertiary/aromatic N) is 2. The Balaban J connectivity index is 1.84. The van der Waals surface area contributed by atoms with E-state index in [1.54, 1.807) is 11.3 Å². The third kappa shape index (κ3) is 2.80. The Morgan fingerprint density at radius 3 is 3.16 bits per heavy atom. The molecule has 0 amide bonds. The summed E-state index contributed by atoms with van der Waals surface area (Å²) in [5.74, 6) is 0.942. The molecule has 0 saturated carbocycles. The molecule has 2 aromatic heterocycles. The Bertz CT molecular complexity index is 596. The first-order valence-electron chi connectivity index (χ1n) is 6.27. The van der Waals surface area contributed by atoms with Crippen molar-refractivity contribution < 1.29 is 0 Å². The Morgan fingerprint density at radius 2 is 2.37 bits per heavy atom. The molecule has 3 rings (SSSR count). The minimum Gasteiger partial charge on any atom is -0.365 e. The number of anilines is 1. The lowest BCUT2D eigenvalue weighted by Gasteiger charge is -2.19. The summed E-state index contributed by atoms with van der Waals surface area (Å²) in [6.45, 7) is 4.79. The van der Waals surface area contributed by atoms with Crippen molar-refractivity contribution in [2.45, 2.75) is 26.4 Å². The number of nitrogens with one attached hydrogen (secondary N) is 2. The highest BCUT2D eigenvalue weighted by atomic mass is 79.9. The van der Waals surface area contributed by atoms with Crippen LogP contribution < -0.4 is 10.6 Å². The van der Waals surface area contributed by atoms with Crippen LogP contribution in [0, 0.1) is 6.92 Å². The SMILES string of the molecule is Cc1ccsc1CNc1nc(Br)nc2c1CNCC2. The maximum Gasteiger partial charge on any atom is 0.198 e. The number of aromatic nitrogens is 2. The molecule has 4 nitrogen and oxygen atoms in total. The highest BCUT2D eigenvalue weighted by molar-refractivity contribution is 9.10. The zero-order valence-electron chi connectivity index (χ0n) is 10.7. The fourth-order valence-electron chi connectivity index (χ4n) is 2.21. The van der Waals surface area contributed by atoms with Crippen molar-refractivity contribution in [2.24, 2.45) is 0 Å². The van der Waals surface area contributed by atoms with Gasteiger partial charge in [-0.05, 0) is 39.9 Å². The van der Waals surface area contributed by atoms with Crippen LogP contribution in [-0.2, 0) is 19.5 Å². The summed E-state index contributed by atoms with van der Waals surface area (Å²) in [6.07, 6.45) is 0.961. The van der Waals surface area contributed by atoms with Gasteiger partial charge >= 0.3 is 0 Å². The van der Waals surface area contributed by atoms with E-state index in [-0.39, 0.29) is 0 Å². The van der Waals surface area contributed by atoms with Crippen molar-refractivity contribution in [3.63, 3.8) is 0 Å². The molecular formula is C13H15BrN4S. The van der Waals surface area contributed by atoms with Gasteiger partial charge in [0.25, 0.3) is 0 Å². The second-order valence-corrected chi connectivity index (χ2v) is 6.28. The van der Waals surface area contributed by atoms with Gasteiger partial charge in [0.15, 0.2) is 4.73 Å². The van der Waals surface area contributed by atoms with Gasteiger partial charge in [0.05, 0.1) is 12.2 Å². The van der Waals surface area contributed by atoms with Crippen molar-refractivity contribution in [2.75, 3.05) is 11.9 Å². The molecule has 0 aliphatic carbocycles. The van der Waals surface area contributed by atoms with Crippen LogP contribution in [0.1, 0.15) is 21.7 Å². The Labute approximate surface area is 124 Å². The number of hydrogen-bond acceptors (Lipinski definition) is 5. The molecule has 0 unspecified atom stereocenters. The molecule has 0 bridgehead atoms. The largest absolute Gasteiger partial charge is 0.365 e. The molecule has 6 heteroatoms. The monoisotopic (exact) mass is 338 g/mol. The van der Waals surface area contributed by atoms with Crippen LogP contribution in [0.25, 0.3) is 0 Å². The van der Waals surface area contributed by atoms with E-state index in [2.05, 4.69) is 54.9 Å². The van der Waals surface area contributed by atoms with Crippen molar-refractivity contribution in [1.29, 1.82) is 0 Å². The zero-order chi connectivity index (χ0) is 13.2. The number of aryl methyl sites for hydroxylation is 1. The minimum absolute atomic E-state index is 0.665. The highest BCUT2D eigenvalue weighted by Gasteiger charge is 2.16. The summed E-state index contributed by atoms with van der Waals surface area (Å²) in [7, 11) is 0. The predicted molar refractivity (Wildman–Crippen MR) is 81.5 cm³/mol. The molecule has 0 fully saturated rings. The van der Waals surface area contributed by atoms with Crippen LogP contribution in [0.3, 0.4) is 0 Å². The van der Waals surface area contributed by atoms with Crippen LogP contribution in [-0.4, -0.2) is 16.5 Å². The van der Waals surface area contributed by atoms with Crippen molar-refractivity contribution in [3.8, 4) is 0 Å². The topological polar surface area (TPSA) is 49.8 Å². The normalized spacial score (nSPS) is 14.2. The summed E-state index contributed by atoms with van der Waals surface area (Å²) in [4.78, 5) is 10.3. The van der Waals surface area contributed by atoms with E-state index < -0.39 is 0 Å². The number of hydrogen-bond donors (Lipinski definition) is 2. The average Bonchev–Trinajstić information content (AvgIpc) is 2.81. The first kappa shape index (κ1) is 13.0. The van der Waals surface area contributed by atoms with Gasteiger partial charge in [0, 0.05) is 30.0 Å². The van der Waals surface area contributed by atoms with Gasteiger partial charge in [-0.2, -0.15) is 0 Å². The van der Waals surface area contributed by atoms with E-state index in [0.29, 0.717) is 4.73 Å². The average molecular weight is 339 g/mol. The van der Waals surface area contributed by atoms with Gasteiger partial charge in [0.2, 0.25) is 0 Å². The van der Waals surface area contributed by atoms with Crippen LogP contribution >= 0.6 is 27.3 Å². The third-order valence-electron chi connectivity index (χ3n) is 3.29. The standard InChI is InChI=1S/C13H15BrN4S/c1-8-3-5-19-11(8)7-16-12-9-6-15-4-2-10(9)17-13(14)18-12/h3,5,15H,2,4,6-7H2,1H3,(H,16,17,18). The fraction of sp³-hybridized carbons (Fsp3) is 0.385. The van der Waals surface area contributed by atoms with E-state index in [0.717, 1.165) is 37.6 Å².